The predicted octanol–water partition coefficient (Wildman–Crippen LogP) is 1.12. The molecule has 8 heteroatoms. The molecule has 1 spiro atoms. The first-order valence-corrected chi connectivity index (χ1v) is 9.71. The van der Waals surface area contributed by atoms with Crippen molar-refractivity contribution in [2.24, 2.45) is 10.4 Å². The maximum atomic E-state index is 11.0. The number of halogens is 1. The third kappa shape index (κ3) is 5.84. The Morgan fingerprint density at radius 2 is 2.05 bits per heavy atom. The SMILES string of the molecule is CN=C(NCCOCCS(C)(=O)=O)N1CCC2(CCC2)C1.I. The third-order valence-corrected chi connectivity index (χ3v) is 5.40. The Morgan fingerprint density at radius 1 is 1.32 bits per heavy atom. The van der Waals surface area contributed by atoms with Gasteiger partial charge in [0.1, 0.15) is 9.84 Å². The van der Waals surface area contributed by atoms with Gasteiger partial charge in [0.2, 0.25) is 0 Å². The second-order valence-electron chi connectivity index (χ2n) is 6.24. The van der Waals surface area contributed by atoms with E-state index in [2.05, 4.69) is 15.2 Å². The molecule has 0 aromatic carbocycles. The standard InChI is InChI=1S/C14H27N3O3S.HI/c1-15-13(16-7-9-20-10-11-21(2,18)19)17-8-6-14(12-17)4-3-5-14;/h3-12H2,1-2H3,(H,15,16);1H. The molecule has 0 aromatic rings. The molecule has 1 aliphatic carbocycles. The summed E-state index contributed by atoms with van der Waals surface area (Å²) in [6, 6.07) is 0. The van der Waals surface area contributed by atoms with Gasteiger partial charge in [0.05, 0.1) is 19.0 Å². The Bertz CT molecular complexity index is 478. The van der Waals surface area contributed by atoms with E-state index in [9.17, 15) is 8.42 Å². The van der Waals surface area contributed by atoms with Gasteiger partial charge < -0.3 is 15.0 Å². The zero-order valence-electron chi connectivity index (χ0n) is 13.5. The summed E-state index contributed by atoms with van der Waals surface area (Å²) in [5.41, 5.74) is 0.559. The van der Waals surface area contributed by atoms with Crippen molar-refractivity contribution in [3.05, 3.63) is 0 Å². The van der Waals surface area contributed by atoms with Crippen LogP contribution >= 0.6 is 24.0 Å². The van der Waals surface area contributed by atoms with Crippen LogP contribution in [0, 0.1) is 5.41 Å². The molecule has 1 aliphatic heterocycles. The molecular weight excluding hydrogens is 417 g/mol. The van der Waals surface area contributed by atoms with Gasteiger partial charge in [0, 0.05) is 32.9 Å². The number of likely N-dealkylation sites (tertiary alicyclic amines) is 1. The lowest BCUT2D eigenvalue weighted by molar-refractivity contribution is 0.148. The highest BCUT2D eigenvalue weighted by Gasteiger charge is 2.43. The van der Waals surface area contributed by atoms with Crippen LogP contribution in [0.2, 0.25) is 0 Å². The molecule has 0 aromatic heterocycles. The van der Waals surface area contributed by atoms with E-state index in [0.29, 0.717) is 18.6 Å². The smallest absolute Gasteiger partial charge is 0.193 e. The number of sulfone groups is 1. The van der Waals surface area contributed by atoms with Gasteiger partial charge in [0.15, 0.2) is 5.96 Å². The molecule has 0 atom stereocenters. The van der Waals surface area contributed by atoms with Crippen LogP contribution in [0.15, 0.2) is 4.99 Å². The fraction of sp³-hybridized carbons (Fsp3) is 0.929. The summed E-state index contributed by atoms with van der Waals surface area (Å²) in [6.45, 7) is 3.59. The van der Waals surface area contributed by atoms with Crippen molar-refractivity contribution in [3.63, 3.8) is 0 Å². The molecule has 0 amide bonds. The Balaban J connectivity index is 0.00000242. The second-order valence-corrected chi connectivity index (χ2v) is 8.50. The fourth-order valence-electron chi connectivity index (χ4n) is 3.08. The van der Waals surface area contributed by atoms with Gasteiger partial charge in [-0.05, 0) is 24.7 Å². The van der Waals surface area contributed by atoms with E-state index in [-0.39, 0.29) is 36.3 Å². The first-order chi connectivity index (χ1) is 9.94. The minimum atomic E-state index is -2.93. The highest BCUT2D eigenvalue weighted by molar-refractivity contribution is 14.0. The summed E-state index contributed by atoms with van der Waals surface area (Å²) >= 11 is 0. The molecule has 0 bridgehead atoms. The summed E-state index contributed by atoms with van der Waals surface area (Å²) < 4.78 is 27.3. The second kappa shape index (κ2) is 8.68. The van der Waals surface area contributed by atoms with E-state index in [4.69, 9.17) is 4.74 Å². The van der Waals surface area contributed by atoms with E-state index in [0.717, 1.165) is 19.0 Å². The van der Waals surface area contributed by atoms with Gasteiger partial charge in [-0.2, -0.15) is 0 Å². The number of hydrogen-bond donors (Lipinski definition) is 1. The first kappa shape index (κ1) is 20.0. The van der Waals surface area contributed by atoms with Gasteiger partial charge in [-0.1, -0.05) is 6.42 Å². The molecule has 2 rings (SSSR count). The van der Waals surface area contributed by atoms with Crippen LogP contribution in [-0.4, -0.2) is 71.2 Å². The molecule has 0 unspecified atom stereocenters. The average Bonchev–Trinajstić information content (AvgIpc) is 2.82. The Hall–Kier alpha value is -0.0900. The first-order valence-electron chi connectivity index (χ1n) is 7.65. The predicted molar refractivity (Wildman–Crippen MR) is 99.8 cm³/mol. The Morgan fingerprint density at radius 3 is 2.55 bits per heavy atom. The lowest BCUT2D eigenvalue weighted by Crippen LogP contribution is -2.43. The van der Waals surface area contributed by atoms with Crippen LogP contribution in [0.3, 0.4) is 0 Å². The van der Waals surface area contributed by atoms with Gasteiger partial charge >= 0.3 is 0 Å². The maximum Gasteiger partial charge on any atom is 0.193 e. The molecule has 0 radical (unpaired) electrons. The molecule has 1 saturated carbocycles. The maximum absolute atomic E-state index is 11.0. The molecule has 2 fully saturated rings. The minimum absolute atomic E-state index is 0. The molecular formula is C14H28IN3O3S. The highest BCUT2D eigenvalue weighted by atomic mass is 127. The number of nitrogens with zero attached hydrogens (tertiary/aromatic N) is 2. The Labute approximate surface area is 151 Å². The topological polar surface area (TPSA) is 71.0 Å². The number of guanidine groups is 1. The molecule has 6 nitrogen and oxygen atoms in total. The zero-order valence-corrected chi connectivity index (χ0v) is 16.7. The zero-order chi connectivity index (χ0) is 15.3. The highest BCUT2D eigenvalue weighted by Crippen LogP contribution is 2.47. The molecule has 2 aliphatic rings. The van der Waals surface area contributed by atoms with E-state index >= 15 is 0 Å². The largest absolute Gasteiger partial charge is 0.379 e. The summed E-state index contributed by atoms with van der Waals surface area (Å²) in [5.74, 6) is 1.02. The molecule has 1 N–H and O–H groups in total. The number of hydrogen-bond acceptors (Lipinski definition) is 4. The quantitative estimate of drug-likeness (QED) is 0.287. The third-order valence-electron chi connectivity index (χ3n) is 4.49. The van der Waals surface area contributed by atoms with E-state index in [1.165, 1.54) is 31.9 Å². The minimum Gasteiger partial charge on any atom is -0.379 e. The van der Waals surface area contributed by atoms with Gasteiger partial charge in [-0.3, -0.25) is 4.99 Å². The fourth-order valence-corrected chi connectivity index (χ4v) is 3.50. The van der Waals surface area contributed by atoms with Crippen LogP contribution in [0.5, 0.6) is 0 Å². The van der Waals surface area contributed by atoms with Crippen molar-refractivity contribution in [3.8, 4) is 0 Å². The number of nitrogens with one attached hydrogen (secondary N) is 1. The Kier molecular flexibility index (Phi) is 7.87. The molecule has 1 saturated heterocycles. The number of rotatable bonds is 6. The van der Waals surface area contributed by atoms with Crippen LogP contribution in [0.1, 0.15) is 25.7 Å². The van der Waals surface area contributed by atoms with Crippen molar-refractivity contribution < 1.29 is 13.2 Å². The van der Waals surface area contributed by atoms with Crippen molar-refractivity contribution in [2.75, 3.05) is 51.9 Å². The van der Waals surface area contributed by atoms with E-state index < -0.39 is 9.84 Å². The van der Waals surface area contributed by atoms with E-state index in [1.807, 2.05) is 0 Å². The van der Waals surface area contributed by atoms with Gasteiger partial charge in [-0.15, -0.1) is 24.0 Å². The van der Waals surface area contributed by atoms with Gasteiger partial charge in [-0.25, -0.2) is 8.42 Å². The number of ether oxygens (including phenoxy) is 1. The van der Waals surface area contributed by atoms with Crippen LogP contribution in [0.4, 0.5) is 0 Å². The molecule has 130 valence electrons. The summed E-state index contributed by atoms with van der Waals surface area (Å²) in [6.07, 6.45) is 6.58. The van der Waals surface area contributed by atoms with Crippen molar-refractivity contribution >= 4 is 39.8 Å². The van der Waals surface area contributed by atoms with Crippen molar-refractivity contribution in [1.82, 2.24) is 10.2 Å². The normalized spacial score (nSPS) is 20.6. The van der Waals surface area contributed by atoms with Crippen LogP contribution in [-0.2, 0) is 14.6 Å². The molecule has 1 heterocycles. The number of aliphatic imine (C=N–C) groups is 1. The monoisotopic (exact) mass is 445 g/mol. The van der Waals surface area contributed by atoms with E-state index in [1.54, 1.807) is 7.05 Å². The lowest BCUT2D eigenvalue weighted by Gasteiger charge is -2.38. The molecule has 22 heavy (non-hydrogen) atoms. The summed E-state index contributed by atoms with van der Waals surface area (Å²) in [7, 11) is -1.13. The summed E-state index contributed by atoms with van der Waals surface area (Å²) in [5, 5.41) is 3.30. The summed E-state index contributed by atoms with van der Waals surface area (Å²) in [4.78, 5) is 6.66. The van der Waals surface area contributed by atoms with Crippen molar-refractivity contribution in [1.29, 1.82) is 0 Å². The average molecular weight is 445 g/mol. The van der Waals surface area contributed by atoms with Crippen molar-refractivity contribution in [2.45, 2.75) is 25.7 Å². The van der Waals surface area contributed by atoms with Crippen LogP contribution in [0.25, 0.3) is 0 Å². The van der Waals surface area contributed by atoms with Crippen LogP contribution < -0.4 is 5.32 Å². The van der Waals surface area contributed by atoms with Gasteiger partial charge in [0.25, 0.3) is 0 Å². The lowest BCUT2D eigenvalue weighted by atomic mass is 9.68.